The van der Waals surface area contributed by atoms with Gasteiger partial charge < -0.3 is 4.72 Å². The monoisotopic (exact) mass is 201 g/mol. The molecule has 1 nitrogen and oxygen atoms in total. The molecule has 0 aliphatic carbocycles. The molecular weight excluding hydrogens is 186 g/mol. The highest BCUT2D eigenvalue weighted by Crippen LogP contribution is 2.11. The van der Waals surface area contributed by atoms with E-state index in [0.717, 1.165) is 5.75 Å². The van der Waals surface area contributed by atoms with Gasteiger partial charge in [0, 0.05) is 11.4 Å². The minimum atomic E-state index is 0. The fraction of sp³-hybridized carbons (Fsp3) is 0.333. The predicted molar refractivity (Wildman–Crippen MR) is 63.2 cm³/mol. The molecule has 0 saturated carbocycles. The summed E-state index contributed by atoms with van der Waals surface area (Å²) in [6.45, 7) is 2.18. The summed E-state index contributed by atoms with van der Waals surface area (Å²) in [6, 6.07) is 10.2. The second kappa shape index (κ2) is 7.37. The van der Waals surface area contributed by atoms with Crippen molar-refractivity contribution in [1.29, 1.82) is 0 Å². The summed E-state index contributed by atoms with van der Waals surface area (Å²) in [5, 5.41) is 0. The quantitative estimate of drug-likeness (QED) is 0.593. The first-order chi connectivity index (χ1) is 5.43. The molecule has 0 aliphatic heterocycles. The molecule has 0 aliphatic rings. The van der Waals surface area contributed by atoms with E-state index in [1.54, 1.807) is 11.9 Å². The maximum atomic E-state index is 3.26. The molecule has 1 aromatic rings. The molecule has 0 unspecified atom stereocenters. The van der Waals surface area contributed by atoms with Crippen LogP contribution in [0.3, 0.4) is 0 Å². The van der Waals surface area contributed by atoms with Crippen LogP contribution >= 0.6 is 25.4 Å². The Bertz CT molecular complexity index is 189. The Balaban J connectivity index is 0.00000121. The van der Waals surface area contributed by atoms with Crippen molar-refractivity contribution in [3.8, 4) is 0 Å². The molecule has 0 amide bonds. The molecule has 0 saturated heterocycles. The molecule has 1 N–H and O–H groups in total. The first kappa shape index (κ1) is 11.7. The molecule has 0 spiro atoms. The van der Waals surface area contributed by atoms with Gasteiger partial charge in [-0.05, 0) is 18.6 Å². The molecule has 0 fully saturated rings. The van der Waals surface area contributed by atoms with E-state index in [0.29, 0.717) is 0 Å². The van der Waals surface area contributed by atoms with Crippen molar-refractivity contribution in [3.05, 3.63) is 30.3 Å². The number of rotatable bonds is 4. The van der Waals surface area contributed by atoms with E-state index in [2.05, 4.69) is 23.8 Å². The summed E-state index contributed by atoms with van der Waals surface area (Å²) in [5.74, 6) is 1.16. The summed E-state index contributed by atoms with van der Waals surface area (Å²) >= 11 is 1.76. The van der Waals surface area contributed by atoms with Gasteiger partial charge in [0.2, 0.25) is 0 Å². The number of hydrogen-bond acceptors (Lipinski definition) is 2. The van der Waals surface area contributed by atoms with Crippen molar-refractivity contribution in [2.24, 2.45) is 0 Å². The number of nitrogens with one attached hydrogen (secondary N) is 1. The SMILES string of the molecule is CCCSNc1ccccc1.S. The van der Waals surface area contributed by atoms with Crippen LogP contribution in [0.4, 0.5) is 5.69 Å². The van der Waals surface area contributed by atoms with Crippen LogP contribution in [-0.2, 0) is 0 Å². The van der Waals surface area contributed by atoms with Crippen molar-refractivity contribution < 1.29 is 0 Å². The lowest BCUT2D eigenvalue weighted by atomic mass is 10.3. The fourth-order valence-corrected chi connectivity index (χ4v) is 1.35. The van der Waals surface area contributed by atoms with Crippen LogP contribution in [0, 0.1) is 0 Å². The molecule has 1 rings (SSSR count). The lowest BCUT2D eigenvalue weighted by Gasteiger charge is -2.02. The van der Waals surface area contributed by atoms with Crippen LogP contribution in [0.25, 0.3) is 0 Å². The highest BCUT2D eigenvalue weighted by molar-refractivity contribution is 8.00. The average Bonchev–Trinajstić information content (AvgIpc) is 2.07. The van der Waals surface area contributed by atoms with Gasteiger partial charge in [-0.3, -0.25) is 0 Å². The standard InChI is InChI=1S/C9H13NS.H2S/c1-2-8-11-10-9-6-4-3-5-7-9;/h3-7,10H,2,8H2,1H3;1H2. The van der Waals surface area contributed by atoms with Crippen molar-refractivity contribution in [2.45, 2.75) is 13.3 Å². The number of hydrogen-bond donors (Lipinski definition) is 1. The highest BCUT2D eigenvalue weighted by atomic mass is 32.2. The van der Waals surface area contributed by atoms with Crippen LogP contribution in [-0.4, -0.2) is 5.75 Å². The van der Waals surface area contributed by atoms with Crippen LogP contribution < -0.4 is 4.72 Å². The van der Waals surface area contributed by atoms with Gasteiger partial charge in [-0.2, -0.15) is 13.5 Å². The second-order valence-corrected chi connectivity index (χ2v) is 3.22. The smallest absolute Gasteiger partial charge is 0.0440 e. The zero-order valence-electron chi connectivity index (χ0n) is 7.21. The second-order valence-electron chi connectivity index (χ2n) is 2.32. The molecule has 0 radical (unpaired) electrons. The minimum Gasteiger partial charge on any atom is -0.330 e. The topological polar surface area (TPSA) is 12.0 Å². The maximum Gasteiger partial charge on any atom is 0.0440 e. The van der Waals surface area contributed by atoms with E-state index >= 15 is 0 Å². The summed E-state index contributed by atoms with van der Waals surface area (Å²) in [5.41, 5.74) is 1.19. The summed E-state index contributed by atoms with van der Waals surface area (Å²) in [6.07, 6.45) is 1.21. The third kappa shape index (κ3) is 4.57. The van der Waals surface area contributed by atoms with Crippen molar-refractivity contribution in [3.63, 3.8) is 0 Å². The number of benzene rings is 1. The van der Waals surface area contributed by atoms with Gasteiger partial charge in [-0.25, -0.2) is 0 Å². The van der Waals surface area contributed by atoms with Crippen LogP contribution in [0.2, 0.25) is 0 Å². The fourth-order valence-electron chi connectivity index (χ4n) is 0.743. The van der Waals surface area contributed by atoms with Gasteiger partial charge in [0.15, 0.2) is 0 Å². The number of anilines is 1. The average molecular weight is 201 g/mol. The summed E-state index contributed by atoms with van der Waals surface area (Å²) < 4.78 is 3.26. The van der Waals surface area contributed by atoms with E-state index in [4.69, 9.17) is 0 Å². The van der Waals surface area contributed by atoms with E-state index in [1.165, 1.54) is 12.1 Å². The van der Waals surface area contributed by atoms with Gasteiger partial charge in [-0.15, -0.1) is 0 Å². The Morgan fingerprint density at radius 2 is 1.92 bits per heavy atom. The van der Waals surface area contributed by atoms with Crippen molar-refractivity contribution in [1.82, 2.24) is 0 Å². The van der Waals surface area contributed by atoms with Gasteiger partial charge in [0.1, 0.15) is 0 Å². The molecule has 0 aromatic heterocycles. The lowest BCUT2D eigenvalue weighted by molar-refractivity contribution is 1.11. The third-order valence-electron chi connectivity index (χ3n) is 1.27. The third-order valence-corrected chi connectivity index (χ3v) is 2.26. The molecule has 0 heterocycles. The van der Waals surface area contributed by atoms with Gasteiger partial charge in [-0.1, -0.05) is 37.1 Å². The molecular formula is C9H15NS2. The van der Waals surface area contributed by atoms with E-state index < -0.39 is 0 Å². The van der Waals surface area contributed by atoms with Crippen LogP contribution in [0.1, 0.15) is 13.3 Å². The molecule has 1 aromatic carbocycles. The van der Waals surface area contributed by atoms with Gasteiger partial charge in [0.25, 0.3) is 0 Å². The van der Waals surface area contributed by atoms with Gasteiger partial charge in [0.05, 0.1) is 0 Å². The van der Waals surface area contributed by atoms with Crippen molar-refractivity contribution >= 4 is 31.1 Å². The van der Waals surface area contributed by atoms with E-state index in [9.17, 15) is 0 Å². The Hall–Kier alpha value is -0.280. The summed E-state index contributed by atoms with van der Waals surface area (Å²) in [4.78, 5) is 0. The lowest BCUT2D eigenvalue weighted by Crippen LogP contribution is -1.86. The molecule has 0 bridgehead atoms. The van der Waals surface area contributed by atoms with Crippen molar-refractivity contribution in [2.75, 3.05) is 10.5 Å². The Labute approximate surface area is 85.5 Å². The molecule has 68 valence electrons. The Morgan fingerprint density at radius 1 is 1.25 bits per heavy atom. The van der Waals surface area contributed by atoms with E-state index in [1.807, 2.05) is 18.2 Å². The van der Waals surface area contributed by atoms with E-state index in [-0.39, 0.29) is 13.5 Å². The zero-order valence-corrected chi connectivity index (χ0v) is 9.03. The normalized spacial score (nSPS) is 8.75. The molecule has 3 heteroatoms. The predicted octanol–water partition coefficient (Wildman–Crippen LogP) is 3.27. The summed E-state index contributed by atoms with van der Waals surface area (Å²) in [7, 11) is 0. The van der Waals surface area contributed by atoms with Gasteiger partial charge >= 0.3 is 0 Å². The molecule has 12 heavy (non-hydrogen) atoms. The first-order valence-electron chi connectivity index (χ1n) is 3.86. The maximum absolute atomic E-state index is 3.26. The van der Waals surface area contributed by atoms with Crippen LogP contribution in [0.5, 0.6) is 0 Å². The Morgan fingerprint density at radius 3 is 2.50 bits per heavy atom. The highest BCUT2D eigenvalue weighted by Gasteiger charge is 1.86. The Kier molecular flexibility index (Phi) is 7.20. The first-order valence-corrected chi connectivity index (χ1v) is 4.85. The largest absolute Gasteiger partial charge is 0.330 e. The molecule has 0 atom stereocenters. The number of para-hydroxylation sites is 1. The zero-order chi connectivity index (χ0) is 7.94. The van der Waals surface area contributed by atoms with Crippen LogP contribution in [0.15, 0.2) is 30.3 Å². The minimum absolute atomic E-state index is 0.